The Morgan fingerprint density at radius 2 is 1.50 bits per heavy atom. The predicted octanol–water partition coefficient (Wildman–Crippen LogP) is 2.08. The Morgan fingerprint density at radius 3 is 1.90 bits per heavy atom. The number of hydrogen-bond donors (Lipinski definition) is 1. The van der Waals surface area contributed by atoms with Gasteiger partial charge in [-0.2, -0.15) is 24.6 Å². The van der Waals surface area contributed by atoms with E-state index < -0.39 is 5.97 Å². The second-order valence-electron chi connectivity index (χ2n) is 4.75. The fourth-order valence-electron chi connectivity index (χ4n) is 1.71. The van der Waals surface area contributed by atoms with Crippen LogP contribution in [-0.4, -0.2) is 11.1 Å². The van der Waals surface area contributed by atoms with Crippen molar-refractivity contribution in [3.63, 3.8) is 0 Å². The van der Waals surface area contributed by atoms with Crippen molar-refractivity contribution < 1.29 is 28.8 Å². The molecule has 2 nitrogen and oxygen atoms in total. The summed E-state index contributed by atoms with van der Waals surface area (Å²) in [7, 11) is 0. The third-order valence-corrected chi connectivity index (χ3v) is 2.84. The van der Waals surface area contributed by atoms with Crippen LogP contribution in [0.2, 0.25) is 0 Å². The van der Waals surface area contributed by atoms with E-state index in [0.29, 0.717) is 6.42 Å². The summed E-state index contributed by atoms with van der Waals surface area (Å²) in [5, 5.41) is 8.35. The molecule has 1 aromatic rings. The van der Waals surface area contributed by atoms with Crippen molar-refractivity contribution in [1.29, 1.82) is 0 Å². The largest absolute Gasteiger partial charge is 1.00 e. The Labute approximate surface area is 136 Å². The van der Waals surface area contributed by atoms with Crippen LogP contribution in [0.15, 0.2) is 30.3 Å². The minimum Gasteiger partial charge on any atom is -0.481 e. The Balaban J connectivity index is 0. The zero-order valence-electron chi connectivity index (χ0n) is 13.1. The standard InChI is InChI=1S/C10H20O2.C7H7.Li/c1-2-3-4-5-6-7-8-9-10(11)12;1-7-5-3-2-4-6-7;/h2-9H2,1H3,(H,11,12);2-6H,1H2;/q;-1;+1. The molecule has 0 spiro atoms. The zero-order chi connectivity index (χ0) is 14.3. The molecule has 0 radical (unpaired) electrons. The molecule has 0 aromatic heterocycles. The third-order valence-electron chi connectivity index (χ3n) is 2.84. The van der Waals surface area contributed by atoms with Crippen LogP contribution >= 0.6 is 0 Å². The molecular weight excluding hydrogens is 243 g/mol. The molecule has 1 rings (SSSR count). The molecule has 3 heteroatoms. The first-order chi connectivity index (χ1) is 9.16. The van der Waals surface area contributed by atoms with Crippen molar-refractivity contribution in [3.8, 4) is 0 Å². The summed E-state index contributed by atoms with van der Waals surface area (Å²) < 4.78 is 0. The number of aliphatic carboxylic acids is 1. The SMILES string of the molecule is CCCCCCCCCC(=O)O.[CH2-]c1ccccc1.[Li+]. The number of benzene rings is 1. The van der Waals surface area contributed by atoms with E-state index in [-0.39, 0.29) is 18.9 Å². The van der Waals surface area contributed by atoms with Gasteiger partial charge in [-0.25, -0.2) is 0 Å². The van der Waals surface area contributed by atoms with Crippen LogP contribution < -0.4 is 18.9 Å². The maximum absolute atomic E-state index is 10.1. The number of carboxylic acid groups (broad SMARTS) is 1. The topological polar surface area (TPSA) is 37.3 Å². The van der Waals surface area contributed by atoms with Crippen molar-refractivity contribution in [1.82, 2.24) is 0 Å². The summed E-state index contributed by atoms with van der Waals surface area (Å²) in [5.41, 5.74) is 1.07. The number of carbonyl (C=O) groups is 1. The third kappa shape index (κ3) is 17.2. The summed E-state index contributed by atoms with van der Waals surface area (Å²) in [5.74, 6) is -0.663. The first kappa shape index (κ1) is 21.5. The van der Waals surface area contributed by atoms with Crippen molar-refractivity contribution in [2.24, 2.45) is 0 Å². The van der Waals surface area contributed by atoms with Gasteiger partial charge in [0.25, 0.3) is 0 Å². The molecule has 0 atom stereocenters. The monoisotopic (exact) mass is 270 g/mol. The molecule has 20 heavy (non-hydrogen) atoms. The molecule has 0 saturated heterocycles. The molecule has 0 aliphatic carbocycles. The fourth-order valence-corrected chi connectivity index (χ4v) is 1.71. The molecule has 108 valence electrons. The van der Waals surface area contributed by atoms with Crippen LogP contribution in [0.4, 0.5) is 0 Å². The number of carboxylic acids is 1. The van der Waals surface area contributed by atoms with Gasteiger partial charge in [-0.3, -0.25) is 4.79 Å². The van der Waals surface area contributed by atoms with E-state index in [1.807, 2.05) is 30.3 Å². The van der Waals surface area contributed by atoms with E-state index in [9.17, 15) is 4.79 Å². The quantitative estimate of drug-likeness (QED) is 0.446. The summed E-state index contributed by atoms with van der Waals surface area (Å²) in [6.45, 7) is 5.92. The Kier molecular flexibility index (Phi) is 17.4. The van der Waals surface area contributed by atoms with Gasteiger partial charge in [0.05, 0.1) is 0 Å². The normalized spacial score (nSPS) is 9.05. The summed E-state index contributed by atoms with van der Waals surface area (Å²) in [6, 6.07) is 9.87. The van der Waals surface area contributed by atoms with Crippen LogP contribution in [-0.2, 0) is 4.79 Å². The molecule has 0 bridgehead atoms. The van der Waals surface area contributed by atoms with Gasteiger partial charge in [0.2, 0.25) is 0 Å². The smallest absolute Gasteiger partial charge is 0.481 e. The average Bonchev–Trinajstić information content (AvgIpc) is 2.39. The second kappa shape index (κ2) is 16.2. The summed E-state index contributed by atoms with van der Waals surface area (Å²) in [4.78, 5) is 10.1. The Morgan fingerprint density at radius 1 is 1.00 bits per heavy atom. The molecule has 0 aliphatic rings. The van der Waals surface area contributed by atoms with E-state index in [1.165, 1.54) is 32.1 Å². The first-order valence-corrected chi connectivity index (χ1v) is 7.25. The molecule has 0 fully saturated rings. The van der Waals surface area contributed by atoms with Gasteiger partial charge in [0.15, 0.2) is 0 Å². The maximum atomic E-state index is 10.1. The van der Waals surface area contributed by atoms with Gasteiger partial charge in [0, 0.05) is 6.42 Å². The van der Waals surface area contributed by atoms with Gasteiger partial charge in [-0.1, -0.05) is 51.5 Å². The average molecular weight is 270 g/mol. The molecule has 0 heterocycles. The van der Waals surface area contributed by atoms with Crippen molar-refractivity contribution in [3.05, 3.63) is 42.8 Å². The minimum atomic E-state index is -0.663. The van der Waals surface area contributed by atoms with Gasteiger partial charge < -0.3 is 5.11 Å². The second-order valence-corrected chi connectivity index (χ2v) is 4.75. The molecule has 1 N–H and O–H groups in total. The van der Waals surface area contributed by atoms with Gasteiger partial charge in [0.1, 0.15) is 0 Å². The zero-order valence-corrected chi connectivity index (χ0v) is 13.1. The summed E-state index contributed by atoms with van der Waals surface area (Å²) in [6.07, 6.45) is 8.64. The van der Waals surface area contributed by atoms with Crippen LogP contribution in [0.3, 0.4) is 0 Å². The van der Waals surface area contributed by atoms with Crippen molar-refractivity contribution in [2.75, 3.05) is 0 Å². The van der Waals surface area contributed by atoms with E-state index in [1.54, 1.807) is 0 Å². The first-order valence-electron chi connectivity index (χ1n) is 7.25. The van der Waals surface area contributed by atoms with Crippen LogP contribution in [0.1, 0.15) is 63.9 Å². The number of hydrogen-bond acceptors (Lipinski definition) is 1. The van der Waals surface area contributed by atoms with Crippen LogP contribution in [0.5, 0.6) is 0 Å². The van der Waals surface area contributed by atoms with Gasteiger partial charge in [-0.15, -0.1) is 12.1 Å². The van der Waals surface area contributed by atoms with E-state index in [4.69, 9.17) is 5.11 Å². The van der Waals surface area contributed by atoms with E-state index in [0.717, 1.165) is 18.4 Å². The van der Waals surface area contributed by atoms with Crippen molar-refractivity contribution >= 4 is 5.97 Å². The Bertz CT molecular complexity index is 312. The van der Waals surface area contributed by atoms with Gasteiger partial charge >= 0.3 is 24.8 Å². The Hall–Kier alpha value is -0.843. The molecule has 0 saturated carbocycles. The molecular formula is C17H27LiO2. The van der Waals surface area contributed by atoms with Crippen LogP contribution in [0, 0.1) is 6.92 Å². The number of rotatable bonds is 8. The van der Waals surface area contributed by atoms with Crippen molar-refractivity contribution in [2.45, 2.75) is 58.3 Å². The molecule has 0 amide bonds. The molecule has 0 aliphatic heterocycles. The maximum Gasteiger partial charge on any atom is 1.00 e. The van der Waals surface area contributed by atoms with E-state index in [2.05, 4.69) is 13.8 Å². The predicted molar refractivity (Wildman–Crippen MR) is 81.1 cm³/mol. The minimum absolute atomic E-state index is 0. The van der Waals surface area contributed by atoms with Gasteiger partial charge in [-0.05, 0) is 6.42 Å². The fraction of sp³-hybridized carbons (Fsp3) is 0.529. The molecule has 1 aromatic carbocycles. The van der Waals surface area contributed by atoms with E-state index >= 15 is 0 Å². The number of unbranched alkanes of at least 4 members (excludes halogenated alkanes) is 6. The van der Waals surface area contributed by atoms with Crippen LogP contribution in [0.25, 0.3) is 0 Å². The summed E-state index contributed by atoms with van der Waals surface area (Å²) >= 11 is 0. The molecule has 0 unspecified atom stereocenters.